The van der Waals surface area contributed by atoms with Crippen molar-refractivity contribution < 1.29 is 14.3 Å². The molecule has 0 unspecified atom stereocenters. The second-order valence-corrected chi connectivity index (χ2v) is 6.37. The number of rotatable bonds is 3. The molecular formula is C18H15BrN2O3. The molecule has 0 aliphatic rings. The predicted octanol–water partition coefficient (Wildman–Crippen LogP) is 4.36. The lowest BCUT2D eigenvalue weighted by molar-refractivity contribution is 0.0929. The summed E-state index contributed by atoms with van der Waals surface area (Å²) in [5, 5.41) is 14.8. The molecule has 24 heavy (non-hydrogen) atoms. The van der Waals surface area contributed by atoms with Gasteiger partial charge >= 0.3 is 5.91 Å². The number of carbonyl (C=O) groups excluding carboxylic acids is 1. The lowest BCUT2D eigenvalue weighted by atomic mass is 10.1. The van der Waals surface area contributed by atoms with E-state index in [9.17, 15) is 9.90 Å². The summed E-state index contributed by atoms with van der Waals surface area (Å²) in [6.45, 7) is 3.63. The fourth-order valence-electron chi connectivity index (χ4n) is 2.32. The Bertz CT molecular complexity index is 960. The number of fused-ring (bicyclic) bond motifs is 1. The zero-order chi connectivity index (χ0) is 17.3. The quantitative estimate of drug-likeness (QED) is 0.518. The van der Waals surface area contributed by atoms with Crippen molar-refractivity contribution in [1.82, 2.24) is 5.43 Å². The molecule has 5 nitrogen and oxygen atoms in total. The number of phenolic OH excluding ortho intramolecular Hbond substituents is 1. The summed E-state index contributed by atoms with van der Waals surface area (Å²) >= 11 is 3.38. The molecule has 6 heteroatoms. The minimum absolute atomic E-state index is 0.115. The van der Waals surface area contributed by atoms with Gasteiger partial charge in [-0.15, -0.1) is 0 Å². The van der Waals surface area contributed by atoms with Crippen LogP contribution < -0.4 is 5.43 Å². The first-order chi connectivity index (χ1) is 11.4. The zero-order valence-electron chi connectivity index (χ0n) is 13.1. The topological polar surface area (TPSA) is 74.8 Å². The molecule has 0 radical (unpaired) electrons. The fourth-order valence-corrected chi connectivity index (χ4v) is 2.69. The van der Waals surface area contributed by atoms with Crippen molar-refractivity contribution in [1.29, 1.82) is 0 Å². The van der Waals surface area contributed by atoms with E-state index in [1.807, 2.05) is 19.1 Å². The van der Waals surface area contributed by atoms with Gasteiger partial charge in [-0.1, -0.05) is 27.6 Å². The molecule has 0 aliphatic carbocycles. The molecule has 1 aromatic heterocycles. The molecule has 0 aliphatic heterocycles. The molecular weight excluding hydrogens is 372 g/mol. The van der Waals surface area contributed by atoms with Crippen molar-refractivity contribution in [2.24, 2.45) is 5.10 Å². The van der Waals surface area contributed by atoms with Gasteiger partial charge in [-0.2, -0.15) is 5.10 Å². The highest BCUT2D eigenvalue weighted by molar-refractivity contribution is 9.10. The Morgan fingerprint density at radius 3 is 2.79 bits per heavy atom. The van der Waals surface area contributed by atoms with Crippen LogP contribution in [0.5, 0.6) is 5.75 Å². The van der Waals surface area contributed by atoms with Crippen LogP contribution in [0.25, 0.3) is 11.0 Å². The molecule has 0 saturated heterocycles. The number of hydrogen-bond donors (Lipinski definition) is 2. The van der Waals surface area contributed by atoms with Crippen LogP contribution in [0.2, 0.25) is 0 Å². The molecule has 3 rings (SSSR count). The number of hydrogen-bond acceptors (Lipinski definition) is 4. The van der Waals surface area contributed by atoms with Gasteiger partial charge in [-0.05, 0) is 50.2 Å². The summed E-state index contributed by atoms with van der Waals surface area (Å²) in [5.74, 6) is -0.161. The van der Waals surface area contributed by atoms with Crippen LogP contribution >= 0.6 is 15.9 Å². The van der Waals surface area contributed by atoms with Crippen LogP contribution in [0, 0.1) is 6.92 Å². The van der Waals surface area contributed by atoms with E-state index in [0.717, 1.165) is 15.4 Å². The number of carbonyl (C=O) groups is 1. The van der Waals surface area contributed by atoms with Crippen molar-refractivity contribution in [3.05, 3.63) is 63.8 Å². The van der Waals surface area contributed by atoms with Crippen molar-refractivity contribution in [3.8, 4) is 5.75 Å². The van der Waals surface area contributed by atoms with Crippen molar-refractivity contribution in [3.63, 3.8) is 0 Å². The van der Waals surface area contributed by atoms with Crippen LogP contribution in [-0.4, -0.2) is 16.7 Å². The number of aryl methyl sites for hydroxylation is 1. The van der Waals surface area contributed by atoms with Gasteiger partial charge < -0.3 is 9.52 Å². The second kappa shape index (κ2) is 6.49. The van der Waals surface area contributed by atoms with E-state index in [1.165, 1.54) is 0 Å². The van der Waals surface area contributed by atoms with Crippen LogP contribution in [-0.2, 0) is 0 Å². The lowest BCUT2D eigenvalue weighted by Gasteiger charge is -2.05. The Labute approximate surface area is 147 Å². The van der Waals surface area contributed by atoms with Gasteiger partial charge in [0, 0.05) is 15.4 Å². The number of benzene rings is 2. The van der Waals surface area contributed by atoms with Crippen LogP contribution in [0.1, 0.15) is 28.6 Å². The number of hydrazone groups is 1. The van der Waals surface area contributed by atoms with Crippen LogP contribution in [0.3, 0.4) is 0 Å². The Morgan fingerprint density at radius 1 is 1.21 bits per heavy atom. The van der Waals surface area contributed by atoms with E-state index < -0.39 is 5.91 Å². The van der Waals surface area contributed by atoms with E-state index in [1.54, 1.807) is 37.3 Å². The van der Waals surface area contributed by atoms with Crippen molar-refractivity contribution in [2.75, 3.05) is 0 Å². The number of nitrogens with one attached hydrogen (secondary N) is 1. The first kappa shape index (κ1) is 16.3. The summed E-state index contributed by atoms with van der Waals surface area (Å²) in [6.07, 6.45) is 0. The highest BCUT2D eigenvalue weighted by Crippen LogP contribution is 2.23. The summed E-state index contributed by atoms with van der Waals surface area (Å²) in [7, 11) is 0. The Morgan fingerprint density at radius 2 is 2.00 bits per heavy atom. The smallest absolute Gasteiger partial charge is 0.307 e. The predicted molar refractivity (Wildman–Crippen MR) is 96.4 cm³/mol. The molecule has 0 atom stereocenters. The number of nitrogens with zero attached hydrogens (tertiary/aromatic N) is 1. The fraction of sp³-hybridized carbons (Fsp3) is 0.111. The van der Waals surface area contributed by atoms with E-state index >= 15 is 0 Å². The second-order valence-electron chi connectivity index (χ2n) is 5.45. The monoisotopic (exact) mass is 386 g/mol. The van der Waals surface area contributed by atoms with E-state index in [2.05, 4.69) is 26.5 Å². The lowest BCUT2D eigenvalue weighted by Crippen LogP contribution is -2.18. The standard InChI is InChI=1S/C18H15BrN2O3/c1-10-3-5-15(22)14(7-10)11(2)20-21-18(23)17-9-12-8-13(19)4-6-16(12)24-17/h3-9,22H,1-2H3,(H,21,23)/b20-11-. The number of furan rings is 1. The van der Waals surface area contributed by atoms with Gasteiger partial charge in [-0.25, -0.2) is 5.43 Å². The molecule has 0 fully saturated rings. The molecule has 1 amide bonds. The highest BCUT2D eigenvalue weighted by Gasteiger charge is 2.13. The molecule has 2 aromatic carbocycles. The van der Waals surface area contributed by atoms with E-state index in [4.69, 9.17) is 4.42 Å². The maximum absolute atomic E-state index is 12.2. The van der Waals surface area contributed by atoms with Crippen molar-refractivity contribution >= 4 is 38.5 Å². The third-order valence-corrected chi connectivity index (χ3v) is 4.06. The van der Waals surface area contributed by atoms with Crippen LogP contribution in [0.15, 0.2) is 56.5 Å². The SMILES string of the molecule is C/C(=N/NC(=O)c1cc2cc(Br)ccc2o1)c1cc(C)ccc1O. The molecule has 3 aromatic rings. The number of amides is 1. The van der Waals surface area contributed by atoms with Gasteiger partial charge in [0.25, 0.3) is 0 Å². The average molecular weight is 387 g/mol. The Hall–Kier alpha value is -2.60. The molecule has 2 N–H and O–H groups in total. The maximum Gasteiger partial charge on any atom is 0.307 e. The third-order valence-electron chi connectivity index (χ3n) is 3.57. The van der Waals surface area contributed by atoms with Gasteiger partial charge in [0.2, 0.25) is 0 Å². The minimum atomic E-state index is -0.450. The van der Waals surface area contributed by atoms with E-state index in [0.29, 0.717) is 16.9 Å². The first-order valence-corrected chi connectivity index (χ1v) is 8.07. The first-order valence-electron chi connectivity index (χ1n) is 7.28. The molecule has 0 spiro atoms. The largest absolute Gasteiger partial charge is 0.507 e. The maximum atomic E-state index is 12.2. The summed E-state index contributed by atoms with van der Waals surface area (Å²) < 4.78 is 6.42. The zero-order valence-corrected chi connectivity index (χ0v) is 14.7. The molecule has 1 heterocycles. The average Bonchev–Trinajstić information content (AvgIpc) is 2.97. The van der Waals surface area contributed by atoms with Gasteiger partial charge in [-0.3, -0.25) is 4.79 Å². The summed E-state index contributed by atoms with van der Waals surface area (Å²) in [4.78, 5) is 12.2. The van der Waals surface area contributed by atoms with Crippen molar-refractivity contribution in [2.45, 2.75) is 13.8 Å². The van der Waals surface area contributed by atoms with Gasteiger partial charge in [0.15, 0.2) is 5.76 Å². The highest BCUT2D eigenvalue weighted by atomic mass is 79.9. The Balaban J connectivity index is 1.81. The number of halogens is 1. The van der Waals surface area contributed by atoms with E-state index in [-0.39, 0.29) is 11.5 Å². The minimum Gasteiger partial charge on any atom is -0.507 e. The summed E-state index contributed by atoms with van der Waals surface area (Å²) in [6, 6.07) is 12.4. The van der Waals surface area contributed by atoms with Gasteiger partial charge in [0.05, 0.1) is 5.71 Å². The summed E-state index contributed by atoms with van der Waals surface area (Å²) in [5.41, 5.74) is 5.15. The Kier molecular flexibility index (Phi) is 4.40. The normalized spacial score (nSPS) is 11.7. The molecule has 0 bridgehead atoms. The number of phenols is 1. The number of aromatic hydroxyl groups is 1. The molecule has 122 valence electrons. The van der Waals surface area contributed by atoms with Crippen LogP contribution in [0.4, 0.5) is 0 Å². The molecule has 0 saturated carbocycles. The van der Waals surface area contributed by atoms with Gasteiger partial charge in [0.1, 0.15) is 11.3 Å². The third kappa shape index (κ3) is 3.33.